The number of ether oxygens (including phenoxy) is 2. The number of carbonyl (C=O) groups excluding carboxylic acids is 2. The van der Waals surface area contributed by atoms with Crippen molar-refractivity contribution in [1.29, 1.82) is 0 Å². The Balaban J connectivity index is 3.63. The third kappa shape index (κ3) is 24.0. The van der Waals surface area contributed by atoms with Crippen molar-refractivity contribution in [3.05, 3.63) is 0 Å². The number of methoxy groups -OCH3 is 1. The van der Waals surface area contributed by atoms with Gasteiger partial charge in [0.05, 0.1) is 13.7 Å². The molecule has 0 aliphatic heterocycles. The molecule has 0 heterocycles. The Morgan fingerprint density at radius 1 is 0.618 bits per heavy atom. The molecule has 0 aromatic carbocycles. The summed E-state index contributed by atoms with van der Waals surface area (Å²) < 4.78 is 10.1. The normalized spacial score (nSPS) is 11.2. The fourth-order valence-corrected chi connectivity index (χ4v) is 4.40. The number of unbranched alkanes of at least 4 members (excludes halogenated alkanes) is 10. The molecule has 0 aliphatic carbocycles. The predicted octanol–water partition coefficient (Wildman–Crippen LogP) is 7.75. The number of hydrogen-bond donors (Lipinski definition) is 1. The second-order valence-electron chi connectivity index (χ2n) is 9.87. The first kappa shape index (κ1) is 32.9. The maximum atomic E-state index is 12.0. The Labute approximate surface area is 211 Å². The average Bonchev–Trinajstić information content (AvgIpc) is 2.84. The van der Waals surface area contributed by atoms with Crippen LogP contribution in [0.25, 0.3) is 0 Å². The third-order valence-corrected chi connectivity index (χ3v) is 6.65. The fourth-order valence-electron chi connectivity index (χ4n) is 4.40. The lowest BCUT2D eigenvalue weighted by Gasteiger charge is -2.17. The minimum atomic E-state index is -0.119. The second kappa shape index (κ2) is 26.5. The molecular formula is C29H57NO4. The van der Waals surface area contributed by atoms with E-state index in [1.54, 1.807) is 0 Å². The zero-order valence-electron chi connectivity index (χ0n) is 23.0. The summed E-state index contributed by atoms with van der Waals surface area (Å²) >= 11 is 0. The summed E-state index contributed by atoms with van der Waals surface area (Å²) in [5.74, 6) is 0.667. The van der Waals surface area contributed by atoms with Crippen LogP contribution in [0.4, 0.5) is 0 Å². The van der Waals surface area contributed by atoms with Gasteiger partial charge in [0.15, 0.2) is 0 Å². The average molecular weight is 484 g/mol. The molecule has 0 bridgehead atoms. The Hall–Kier alpha value is -1.10. The van der Waals surface area contributed by atoms with E-state index in [2.05, 4.69) is 23.9 Å². The van der Waals surface area contributed by atoms with Gasteiger partial charge in [-0.15, -0.1) is 0 Å². The maximum Gasteiger partial charge on any atom is 0.305 e. The number of rotatable bonds is 26. The molecule has 0 spiro atoms. The van der Waals surface area contributed by atoms with Gasteiger partial charge in [-0.2, -0.15) is 0 Å². The van der Waals surface area contributed by atoms with E-state index in [9.17, 15) is 9.59 Å². The van der Waals surface area contributed by atoms with Gasteiger partial charge in [-0.1, -0.05) is 90.9 Å². The van der Waals surface area contributed by atoms with Crippen LogP contribution in [-0.4, -0.2) is 38.7 Å². The van der Waals surface area contributed by atoms with Crippen molar-refractivity contribution in [2.24, 2.45) is 5.92 Å². The van der Waals surface area contributed by atoms with Crippen molar-refractivity contribution in [3.8, 4) is 0 Å². The van der Waals surface area contributed by atoms with Gasteiger partial charge in [-0.25, -0.2) is 0 Å². The molecule has 0 aromatic heterocycles. The summed E-state index contributed by atoms with van der Waals surface area (Å²) in [4.78, 5) is 23.0. The smallest absolute Gasteiger partial charge is 0.305 e. The monoisotopic (exact) mass is 483 g/mol. The van der Waals surface area contributed by atoms with Crippen LogP contribution >= 0.6 is 0 Å². The van der Waals surface area contributed by atoms with Crippen LogP contribution in [0.3, 0.4) is 0 Å². The first-order chi connectivity index (χ1) is 16.6. The van der Waals surface area contributed by atoms with E-state index >= 15 is 0 Å². The Morgan fingerprint density at radius 3 is 1.65 bits per heavy atom. The largest absolute Gasteiger partial charge is 0.469 e. The number of hydrogen-bond acceptors (Lipinski definition) is 5. The van der Waals surface area contributed by atoms with Crippen LogP contribution in [0, 0.1) is 5.92 Å². The number of esters is 2. The van der Waals surface area contributed by atoms with Gasteiger partial charge in [0, 0.05) is 12.8 Å². The standard InChI is InChI=1S/C29H57NO4/c1-4-6-8-12-19-27(20-13-9-7-5-2)21-18-26-34-29(32)23-15-11-17-25-30-24-16-10-14-22-28(31)33-3/h27,30H,4-26H2,1-3H3. The molecule has 0 unspecified atom stereocenters. The minimum Gasteiger partial charge on any atom is -0.469 e. The zero-order valence-corrected chi connectivity index (χ0v) is 23.0. The molecule has 34 heavy (non-hydrogen) atoms. The summed E-state index contributed by atoms with van der Waals surface area (Å²) in [6.07, 6.45) is 22.8. The van der Waals surface area contributed by atoms with Gasteiger partial charge in [-0.3, -0.25) is 9.59 Å². The van der Waals surface area contributed by atoms with Crippen LogP contribution in [-0.2, 0) is 19.1 Å². The first-order valence-electron chi connectivity index (χ1n) is 14.6. The van der Waals surface area contributed by atoms with E-state index < -0.39 is 0 Å². The highest BCUT2D eigenvalue weighted by Gasteiger charge is 2.10. The van der Waals surface area contributed by atoms with Crippen molar-refractivity contribution < 1.29 is 19.1 Å². The SMILES string of the molecule is CCCCCCC(CCCCCC)CCCOC(=O)CCCCCNCCCCCC(=O)OC. The quantitative estimate of drug-likeness (QED) is 0.101. The van der Waals surface area contributed by atoms with E-state index in [1.807, 2.05) is 0 Å². The van der Waals surface area contributed by atoms with Gasteiger partial charge in [0.25, 0.3) is 0 Å². The molecule has 0 radical (unpaired) electrons. The molecule has 5 nitrogen and oxygen atoms in total. The molecule has 0 saturated carbocycles. The summed E-state index contributed by atoms with van der Waals surface area (Å²) in [6.45, 7) is 7.11. The van der Waals surface area contributed by atoms with Crippen LogP contribution in [0.2, 0.25) is 0 Å². The topological polar surface area (TPSA) is 64.6 Å². The fraction of sp³-hybridized carbons (Fsp3) is 0.931. The highest BCUT2D eigenvalue weighted by molar-refractivity contribution is 5.69. The van der Waals surface area contributed by atoms with Gasteiger partial charge in [-0.05, 0) is 57.5 Å². The lowest BCUT2D eigenvalue weighted by Crippen LogP contribution is -2.16. The summed E-state index contributed by atoms with van der Waals surface area (Å²) in [5.41, 5.74) is 0. The maximum absolute atomic E-state index is 12.0. The van der Waals surface area contributed by atoms with Gasteiger partial charge >= 0.3 is 11.9 Å². The van der Waals surface area contributed by atoms with E-state index in [4.69, 9.17) is 4.74 Å². The number of carbonyl (C=O) groups is 2. The highest BCUT2D eigenvalue weighted by Crippen LogP contribution is 2.23. The van der Waals surface area contributed by atoms with E-state index in [1.165, 1.54) is 77.7 Å². The molecule has 0 aliphatic rings. The van der Waals surface area contributed by atoms with Gasteiger partial charge in [0.1, 0.15) is 0 Å². The van der Waals surface area contributed by atoms with Gasteiger partial charge < -0.3 is 14.8 Å². The van der Waals surface area contributed by atoms with Crippen LogP contribution in [0.1, 0.15) is 142 Å². The molecule has 0 amide bonds. The second-order valence-corrected chi connectivity index (χ2v) is 9.87. The lowest BCUT2D eigenvalue weighted by atomic mass is 9.91. The molecule has 0 rings (SSSR count). The lowest BCUT2D eigenvalue weighted by molar-refractivity contribution is -0.144. The molecule has 0 aromatic rings. The molecular weight excluding hydrogens is 426 g/mol. The van der Waals surface area contributed by atoms with Crippen molar-refractivity contribution in [3.63, 3.8) is 0 Å². The number of nitrogens with one attached hydrogen (secondary N) is 1. The van der Waals surface area contributed by atoms with E-state index in [-0.39, 0.29) is 11.9 Å². The molecule has 1 N–H and O–H groups in total. The minimum absolute atomic E-state index is 0.0268. The van der Waals surface area contributed by atoms with Crippen LogP contribution < -0.4 is 5.32 Å². The Bertz CT molecular complexity index is 443. The Kier molecular flexibility index (Phi) is 25.6. The molecule has 202 valence electrons. The molecule has 5 heteroatoms. The van der Waals surface area contributed by atoms with Gasteiger partial charge in [0.2, 0.25) is 0 Å². The molecule has 0 atom stereocenters. The van der Waals surface area contributed by atoms with E-state index in [0.717, 1.165) is 64.0 Å². The third-order valence-electron chi connectivity index (χ3n) is 6.65. The zero-order chi connectivity index (χ0) is 25.1. The summed E-state index contributed by atoms with van der Waals surface area (Å²) in [6, 6.07) is 0. The van der Waals surface area contributed by atoms with E-state index in [0.29, 0.717) is 19.4 Å². The van der Waals surface area contributed by atoms with Crippen molar-refractivity contribution in [1.82, 2.24) is 5.32 Å². The summed E-state index contributed by atoms with van der Waals surface area (Å²) in [5, 5.41) is 3.44. The first-order valence-corrected chi connectivity index (χ1v) is 14.6. The Morgan fingerprint density at radius 2 is 1.12 bits per heavy atom. The van der Waals surface area contributed by atoms with Crippen molar-refractivity contribution in [2.75, 3.05) is 26.8 Å². The highest BCUT2D eigenvalue weighted by atomic mass is 16.5. The van der Waals surface area contributed by atoms with Crippen LogP contribution in [0.15, 0.2) is 0 Å². The van der Waals surface area contributed by atoms with Crippen molar-refractivity contribution >= 4 is 11.9 Å². The summed E-state index contributed by atoms with van der Waals surface area (Å²) in [7, 11) is 1.44. The van der Waals surface area contributed by atoms with Crippen molar-refractivity contribution in [2.45, 2.75) is 142 Å². The van der Waals surface area contributed by atoms with Crippen LogP contribution in [0.5, 0.6) is 0 Å². The molecule has 0 saturated heterocycles. The molecule has 0 fully saturated rings. The predicted molar refractivity (Wildman–Crippen MR) is 143 cm³/mol.